The highest BCUT2D eigenvalue weighted by Crippen LogP contribution is 2.34. The first kappa shape index (κ1) is 10.2. The Kier molecular flexibility index (Phi) is 3.05. The molecule has 0 aromatic heterocycles. The van der Waals surface area contributed by atoms with E-state index in [0.717, 1.165) is 12.8 Å². The van der Waals surface area contributed by atoms with Gasteiger partial charge in [-0.05, 0) is 12.0 Å². The van der Waals surface area contributed by atoms with Gasteiger partial charge < -0.3 is 4.74 Å². The Balaban J connectivity index is 2.18. The molecule has 1 aromatic carbocycles. The van der Waals surface area contributed by atoms with Crippen LogP contribution in [0.3, 0.4) is 0 Å². The number of ether oxygens (including phenoxy) is 1. The van der Waals surface area contributed by atoms with E-state index < -0.39 is 0 Å². The van der Waals surface area contributed by atoms with Crippen LogP contribution in [-0.2, 0) is 9.53 Å². The molecule has 1 heterocycles. The van der Waals surface area contributed by atoms with Gasteiger partial charge in [-0.2, -0.15) is 0 Å². The van der Waals surface area contributed by atoms with E-state index in [4.69, 9.17) is 4.74 Å². The third-order valence-corrected chi connectivity index (χ3v) is 3.02. The predicted molar refractivity (Wildman–Crippen MR) is 58.5 cm³/mol. The average Bonchev–Trinajstić information content (AvgIpc) is 2.63. The monoisotopic (exact) mass is 204 g/mol. The molecular weight excluding hydrogens is 188 g/mol. The summed E-state index contributed by atoms with van der Waals surface area (Å²) in [5.74, 6) is 0.307. The highest BCUT2D eigenvalue weighted by molar-refractivity contribution is 5.76. The van der Waals surface area contributed by atoms with Crippen LogP contribution in [0.2, 0.25) is 0 Å². The molecule has 1 aliphatic rings. The first-order chi connectivity index (χ1) is 7.33. The fraction of sp³-hybridized carbons (Fsp3) is 0.462. The molecule has 0 aliphatic carbocycles. The van der Waals surface area contributed by atoms with Gasteiger partial charge in [0.1, 0.15) is 0 Å². The minimum Gasteiger partial charge on any atom is -0.465 e. The summed E-state index contributed by atoms with van der Waals surface area (Å²) in [7, 11) is 0. The second-order valence-electron chi connectivity index (χ2n) is 4.04. The van der Waals surface area contributed by atoms with E-state index in [1.807, 2.05) is 18.2 Å². The zero-order chi connectivity index (χ0) is 10.7. The number of carbonyl (C=O) groups excluding carboxylic acids is 1. The summed E-state index contributed by atoms with van der Waals surface area (Å²) in [5, 5.41) is 0. The molecule has 0 bridgehead atoms. The van der Waals surface area contributed by atoms with Crippen molar-refractivity contribution in [2.45, 2.75) is 25.7 Å². The van der Waals surface area contributed by atoms with Crippen LogP contribution in [0, 0.1) is 5.92 Å². The van der Waals surface area contributed by atoms with Gasteiger partial charge in [0.2, 0.25) is 0 Å². The first-order valence-corrected chi connectivity index (χ1v) is 5.54. The molecule has 0 unspecified atom stereocenters. The van der Waals surface area contributed by atoms with E-state index in [0.29, 0.717) is 6.61 Å². The largest absolute Gasteiger partial charge is 0.465 e. The number of rotatable bonds is 3. The van der Waals surface area contributed by atoms with Gasteiger partial charge in [0.25, 0.3) is 0 Å². The Hall–Kier alpha value is -1.31. The summed E-state index contributed by atoms with van der Waals surface area (Å²) < 4.78 is 5.15. The zero-order valence-corrected chi connectivity index (χ0v) is 8.98. The number of hydrogen-bond acceptors (Lipinski definition) is 2. The smallest absolute Gasteiger partial charge is 0.309 e. The van der Waals surface area contributed by atoms with Crippen LogP contribution in [0.25, 0.3) is 0 Å². The highest BCUT2D eigenvalue weighted by Gasteiger charge is 2.36. The molecule has 0 amide bonds. The lowest BCUT2D eigenvalue weighted by atomic mass is 9.86. The van der Waals surface area contributed by atoms with Crippen LogP contribution in [0.4, 0.5) is 0 Å². The molecule has 2 heteroatoms. The van der Waals surface area contributed by atoms with Gasteiger partial charge in [-0.25, -0.2) is 0 Å². The zero-order valence-electron chi connectivity index (χ0n) is 8.98. The minimum atomic E-state index is -0.0225. The van der Waals surface area contributed by atoms with Crippen molar-refractivity contribution >= 4 is 5.97 Å². The van der Waals surface area contributed by atoms with Crippen molar-refractivity contribution in [2.75, 3.05) is 6.61 Å². The van der Waals surface area contributed by atoms with Gasteiger partial charge in [0, 0.05) is 5.92 Å². The van der Waals surface area contributed by atoms with Gasteiger partial charge in [0.05, 0.1) is 12.5 Å². The topological polar surface area (TPSA) is 26.3 Å². The molecule has 0 N–H and O–H groups in total. The maximum absolute atomic E-state index is 11.5. The van der Waals surface area contributed by atoms with Crippen LogP contribution in [0.1, 0.15) is 31.2 Å². The Morgan fingerprint density at radius 1 is 1.33 bits per heavy atom. The van der Waals surface area contributed by atoms with Crippen LogP contribution in [-0.4, -0.2) is 12.6 Å². The maximum Gasteiger partial charge on any atom is 0.309 e. The molecule has 1 aliphatic heterocycles. The molecule has 2 atom stereocenters. The van der Waals surface area contributed by atoms with Crippen LogP contribution in [0.15, 0.2) is 30.3 Å². The summed E-state index contributed by atoms with van der Waals surface area (Å²) in [6, 6.07) is 10.2. The third kappa shape index (κ3) is 2.04. The van der Waals surface area contributed by atoms with E-state index in [9.17, 15) is 4.79 Å². The van der Waals surface area contributed by atoms with E-state index in [-0.39, 0.29) is 17.8 Å². The highest BCUT2D eigenvalue weighted by atomic mass is 16.5. The fourth-order valence-corrected chi connectivity index (χ4v) is 2.22. The molecule has 0 radical (unpaired) electrons. The van der Waals surface area contributed by atoms with Crippen LogP contribution >= 0.6 is 0 Å². The molecule has 80 valence electrons. The normalized spacial score (nSPS) is 25.3. The molecule has 1 fully saturated rings. The summed E-state index contributed by atoms with van der Waals surface area (Å²) >= 11 is 0. The van der Waals surface area contributed by atoms with E-state index >= 15 is 0 Å². The van der Waals surface area contributed by atoms with Gasteiger partial charge >= 0.3 is 5.97 Å². The number of hydrogen-bond donors (Lipinski definition) is 0. The Morgan fingerprint density at radius 2 is 2.07 bits per heavy atom. The van der Waals surface area contributed by atoms with Gasteiger partial charge in [-0.1, -0.05) is 43.7 Å². The SMILES string of the molecule is CCC[C@H]1C(=O)OC[C@H]1c1ccccc1. The minimum absolute atomic E-state index is 0.0225. The molecule has 2 rings (SSSR count). The molecule has 0 saturated carbocycles. The quantitative estimate of drug-likeness (QED) is 0.708. The van der Waals surface area contributed by atoms with Crippen molar-refractivity contribution in [1.29, 1.82) is 0 Å². The van der Waals surface area contributed by atoms with Gasteiger partial charge in [0.15, 0.2) is 0 Å². The fourth-order valence-electron chi connectivity index (χ4n) is 2.22. The first-order valence-electron chi connectivity index (χ1n) is 5.54. The number of cyclic esters (lactones) is 1. The van der Waals surface area contributed by atoms with Crippen molar-refractivity contribution in [3.63, 3.8) is 0 Å². The lowest BCUT2D eigenvalue weighted by Gasteiger charge is -2.14. The van der Waals surface area contributed by atoms with Crippen molar-refractivity contribution in [2.24, 2.45) is 5.92 Å². The number of benzene rings is 1. The van der Waals surface area contributed by atoms with Gasteiger partial charge in [-0.15, -0.1) is 0 Å². The second kappa shape index (κ2) is 4.47. The van der Waals surface area contributed by atoms with Crippen LogP contribution < -0.4 is 0 Å². The van der Waals surface area contributed by atoms with Crippen molar-refractivity contribution in [1.82, 2.24) is 0 Å². The molecule has 15 heavy (non-hydrogen) atoms. The Bertz CT molecular complexity index is 332. The number of carbonyl (C=O) groups is 1. The third-order valence-electron chi connectivity index (χ3n) is 3.02. The predicted octanol–water partition coefficient (Wildman–Crippen LogP) is 2.74. The van der Waals surface area contributed by atoms with E-state index in [1.165, 1.54) is 5.56 Å². The summed E-state index contributed by atoms with van der Waals surface area (Å²) in [6.45, 7) is 2.65. The van der Waals surface area contributed by atoms with Gasteiger partial charge in [-0.3, -0.25) is 4.79 Å². The Morgan fingerprint density at radius 3 is 2.73 bits per heavy atom. The standard InChI is InChI=1S/C13H16O2/c1-2-6-11-12(9-15-13(11)14)10-7-4-3-5-8-10/h3-5,7-8,11-12H,2,6,9H2,1H3/t11-,12+/m1/s1. The lowest BCUT2D eigenvalue weighted by Crippen LogP contribution is -2.14. The maximum atomic E-state index is 11.5. The Labute approximate surface area is 90.3 Å². The summed E-state index contributed by atoms with van der Waals surface area (Å²) in [5.41, 5.74) is 1.22. The van der Waals surface area contributed by atoms with Crippen LogP contribution in [0.5, 0.6) is 0 Å². The summed E-state index contributed by atoms with van der Waals surface area (Å²) in [4.78, 5) is 11.5. The average molecular weight is 204 g/mol. The molecule has 2 nitrogen and oxygen atoms in total. The summed E-state index contributed by atoms with van der Waals surface area (Å²) in [6.07, 6.45) is 1.96. The van der Waals surface area contributed by atoms with Crippen molar-refractivity contribution in [3.05, 3.63) is 35.9 Å². The molecule has 0 spiro atoms. The van der Waals surface area contributed by atoms with Crippen molar-refractivity contribution < 1.29 is 9.53 Å². The van der Waals surface area contributed by atoms with Crippen molar-refractivity contribution in [3.8, 4) is 0 Å². The second-order valence-corrected chi connectivity index (χ2v) is 4.04. The van der Waals surface area contributed by atoms with E-state index in [1.54, 1.807) is 0 Å². The molecule has 1 aromatic rings. The molecular formula is C13H16O2. The molecule has 1 saturated heterocycles. The number of esters is 1. The lowest BCUT2D eigenvalue weighted by molar-refractivity contribution is -0.141. The van der Waals surface area contributed by atoms with E-state index in [2.05, 4.69) is 19.1 Å².